The summed E-state index contributed by atoms with van der Waals surface area (Å²) in [6, 6.07) is 15.6. The summed E-state index contributed by atoms with van der Waals surface area (Å²) in [6.07, 6.45) is 2.83. The molecule has 8 nitrogen and oxygen atoms in total. The van der Waals surface area contributed by atoms with E-state index in [1.54, 1.807) is 24.3 Å². The van der Waals surface area contributed by atoms with E-state index < -0.39 is 11.9 Å². The number of likely N-dealkylation sites (tertiary alicyclic amines) is 2. The van der Waals surface area contributed by atoms with E-state index in [2.05, 4.69) is 10.2 Å². The maximum Gasteiger partial charge on any atom is 0.251 e. The smallest absolute Gasteiger partial charge is 0.251 e. The quantitative estimate of drug-likeness (QED) is 0.688. The van der Waals surface area contributed by atoms with Crippen molar-refractivity contribution in [2.45, 2.75) is 31.3 Å². The van der Waals surface area contributed by atoms with Gasteiger partial charge >= 0.3 is 0 Å². The third-order valence-electron chi connectivity index (χ3n) is 6.08. The Morgan fingerprint density at radius 1 is 0.969 bits per heavy atom. The molecule has 2 aliphatic heterocycles. The molecule has 0 radical (unpaired) electrons. The van der Waals surface area contributed by atoms with Crippen LogP contribution in [-0.4, -0.2) is 65.8 Å². The number of ether oxygens (including phenoxy) is 1. The largest absolute Gasteiger partial charge is 0.457 e. The molecule has 2 heterocycles. The first kappa shape index (κ1) is 21.8. The molecule has 0 saturated carbocycles. The van der Waals surface area contributed by atoms with E-state index >= 15 is 0 Å². The van der Waals surface area contributed by atoms with Crippen LogP contribution in [0.3, 0.4) is 0 Å². The Balaban J connectivity index is 1.31. The van der Waals surface area contributed by atoms with Gasteiger partial charge in [0.05, 0.1) is 6.54 Å². The molecule has 0 spiro atoms. The second-order valence-corrected chi connectivity index (χ2v) is 8.22. The highest BCUT2D eigenvalue weighted by Crippen LogP contribution is 2.25. The summed E-state index contributed by atoms with van der Waals surface area (Å²) in [7, 11) is 0. The van der Waals surface area contributed by atoms with Crippen molar-refractivity contribution in [1.29, 1.82) is 0 Å². The van der Waals surface area contributed by atoms with Crippen molar-refractivity contribution < 1.29 is 19.1 Å². The minimum Gasteiger partial charge on any atom is -0.457 e. The van der Waals surface area contributed by atoms with Gasteiger partial charge in [0, 0.05) is 18.2 Å². The summed E-state index contributed by atoms with van der Waals surface area (Å²) in [5, 5.41) is 2.65. The molecule has 4 rings (SSSR count). The van der Waals surface area contributed by atoms with Crippen molar-refractivity contribution in [1.82, 2.24) is 15.1 Å². The van der Waals surface area contributed by atoms with E-state index in [4.69, 9.17) is 10.5 Å². The van der Waals surface area contributed by atoms with E-state index in [-0.39, 0.29) is 24.4 Å². The van der Waals surface area contributed by atoms with Crippen molar-refractivity contribution in [2.75, 3.05) is 26.2 Å². The van der Waals surface area contributed by atoms with Crippen LogP contribution >= 0.6 is 0 Å². The fraction of sp³-hybridized carbons (Fsp3) is 0.375. The van der Waals surface area contributed by atoms with Gasteiger partial charge in [-0.05, 0) is 68.8 Å². The molecule has 8 heteroatoms. The van der Waals surface area contributed by atoms with Crippen molar-refractivity contribution in [2.24, 2.45) is 5.73 Å². The molecule has 2 aromatic carbocycles. The van der Waals surface area contributed by atoms with Gasteiger partial charge in [0.15, 0.2) is 0 Å². The van der Waals surface area contributed by atoms with Gasteiger partial charge in [-0.3, -0.25) is 19.3 Å². The molecule has 2 aliphatic rings. The van der Waals surface area contributed by atoms with Crippen molar-refractivity contribution in [3.8, 4) is 11.5 Å². The molecule has 3 N–H and O–H groups in total. The minimum absolute atomic E-state index is 0.145. The number of hydrogen-bond acceptors (Lipinski definition) is 5. The van der Waals surface area contributed by atoms with Crippen LogP contribution in [0.2, 0.25) is 0 Å². The number of carbonyl (C=O) groups excluding carboxylic acids is 3. The highest BCUT2D eigenvalue weighted by atomic mass is 16.5. The van der Waals surface area contributed by atoms with E-state index in [9.17, 15) is 14.4 Å². The number of nitrogens with zero attached hydrogens (tertiary/aromatic N) is 2. The lowest BCUT2D eigenvalue weighted by Crippen LogP contribution is -2.47. The van der Waals surface area contributed by atoms with Crippen LogP contribution in [0.25, 0.3) is 0 Å². The molecule has 0 unspecified atom stereocenters. The van der Waals surface area contributed by atoms with Crippen molar-refractivity contribution in [3.63, 3.8) is 0 Å². The second kappa shape index (κ2) is 9.82. The van der Waals surface area contributed by atoms with Gasteiger partial charge in [-0.25, -0.2) is 0 Å². The van der Waals surface area contributed by atoms with Crippen LogP contribution in [0.1, 0.15) is 29.6 Å². The monoisotopic (exact) mass is 436 g/mol. The number of amides is 3. The van der Waals surface area contributed by atoms with Crippen LogP contribution in [0, 0.1) is 0 Å². The van der Waals surface area contributed by atoms with Gasteiger partial charge in [-0.15, -0.1) is 0 Å². The average molecular weight is 437 g/mol. The summed E-state index contributed by atoms with van der Waals surface area (Å²) in [6.45, 7) is 2.25. The zero-order valence-corrected chi connectivity index (χ0v) is 17.9. The number of hydrogen-bond donors (Lipinski definition) is 2. The maximum atomic E-state index is 12.8. The fourth-order valence-corrected chi connectivity index (χ4v) is 4.39. The van der Waals surface area contributed by atoms with Gasteiger partial charge in [-0.2, -0.15) is 0 Å². The zero-order valence-electron chi connectivity index (χ0n) is 17.9. The molecule has 0 aromatic heterocycles. The number of para-hydroxylation sites is 1. The number of nitrogens with one attached hydrogen (secondary N) is 1. The molecule has 2 atom stereocenters. The number of carbonyl (C=O) groups is 3. The van der Waals surface area contributed by atoms with E-state index in [1.807, 2.05) is 30.3 Å². The first-order valence-electron chi connectivity index (χ1n) is 11.0. The predicted molar refractivity (Wildman–Crippen MR) is 119 cm³/mol. The number of primary amides is 1. The Bertz CT molecular complexity index is 958. The Kier molecular flexibility index (Phi) is 6.70. The Morgan fingerprint density at radius 3 is 2.28 bits per heavy atom. The molecule has 168 valence electrons. The lowest BCUT2D eigenvalue weighted by Gasteiger charge is -2.24. The number of nitrogens with two attached hydrogens (primary N) is 1. The molecule has 0 aliphatic carbocycles. The predicted octanol–water partition coefficient (Wildman–Crippen LogP) is 1.76. The van der Waals surface area contributed by atoms with Gasteiger partial charge in [-0.1, -0.05) is 18.2 Å². The van der Waals surface area contributed by atoms with E-state index in [0.717, 1.165) is 25.9 Å². The van der Waals surface area contributed by atoms with Crippen molar-refractivity contribution in [3.05, 3.63) is 60.2 Å². The summed E-state index contributed by atoms with van der Waals surface area (Å²) in [5.74, 6) is 0.152. The van der Waals surface area contributed by atoms with Gasteiger partial charge in [0.2, 0.25) is 11.8 Å². The zero-order chi connectivity index (χ0) is 22.5. The molecule has 2 saturated heterocycles. The molecule has 2 fully saturated rings. The van der Waals surface area contributed by atoms with Crippen LogP contribution in [0.4, 0.5) is 0 Å². The SMILES string of the molecule is NC(=O)[C@@H]1C[C@@H](N2CCCC2)CN1C(=O)CNC(=O)c1ccc(Oc2ccccc2)cc1. The lowest BCUT2D eigenvalue weighted by atomic mass is 10.1. The summed E-state index contributed by atoms with van der Waals surface area (Å²) >= 11 is 0. The lowest BCUT2D eigenvalue weighted by molar-refractivity contribution is -0.136. The topological polar surface area (TPSA) is 105 Å². The van der Waals surface area contributed by atoms with Gasteiger partial charge in [0.25, 0.3) is 5.91 Å². The Labute approximate surface area is 187 Å². The van der Waals surface area contributed by atoms with Crippen molar-refractivity contribution >= 4 is 17.7 Å². The highest BCUT2D eigenvalue weighted by Gasteiger charge is 2.41. The van der Waals surface area contributed by atoms with Crippen LogP contribution < -0.4 is 15.8 Å². The van der Waals surface area contributed by atoms with Crippen LogP contribution in [0.15, 0.2) is 54.6 Å². The molecular formula is C24H28N4O4. The first-order valence-corrected chi connectivity index (χ1v) is 11.0. The van der Waals surface area contributed by atoms with Crippen LogP contribution in [-0.2, 0) is 9.59 Å². The Hall–Kier alpha value is -3.39. The summed E-state index contributed by atoms with van der Waals surface area (Å²) in [4.78, 5) is 41.0. The van der Waals surface area contributed by atoms with Crippen LogP contribution in [0.5, 0.6) is 11.5 Å². The van der Waals surface area contributed by atoms with Gasteiger partial charge in [0.1, 0.15) is 17.5 Å². The minimum atomic E-state index is -0.626. The molecule has 2 aromatic rings. The summed E-state index contributed by atoms with van der Waals surface area (Å²) < 4.78 is 5.72. The third kappa shape index (κ3) is 5.08. The van der Waals surface area contributed by atoms with Gasteiger partial charge < -0.3 is 20.7 Å². The Morgan fingerprint density at radius 2 is 1.62 bits per heavy atom. The summed E-state index contributed by atoms with van der Waals surface area (Å²) in [5.41, 5.74) is 5.97. The fourth-order valence-electron chi connectivity index (χ4n) is 4.39. The normalized spacial score (nSPS) is 20.8. The standard InChI is InChI=1S/C24H28N4O4/c25-23(30)21-14-18(27-12-4-5-13-27)16-28(21)22(29)15-26-24(31)17-8-10-20(11-9-17)32-19-6-2-1-3-7-19/h1-3,6-11,18,21H,4-5,12-16H2,(H2,25,30)(H,26,31)/t18-,21+/m1/s1. The average Bonchev–Trinajstić information content (AvgIpc) is 3.48. The maximum absolute atomic E-state index is 12.8. The molecule has 3 amide bonds. The highest BCUT2D eigenvalue weighted by molar-refractivity contribution is 5.97. The van der Waals surface area contributed by atoms with E-state index in [1.165, 1.54) is 4.90 Å². The number of benzene rings is 2. The molecule has 0 bridgehead atoms. The van der Waals surface area contributed by atoms with E-state index in [0.29, 0.717) is 30.0 Å². The molecule has 32 heavy (non-hydrogen) atoms. The first-order chi connectivity index (χ1) is 15.5. The third-order valence-corrected chi connectivity index (χ3v) is 6.08. The molecular weight excluding hydrogens is 408 g/mol. The number of rotatable bonds is 7. The second-order valence-electron chi connectivity index (χ2n) is 8.22.